The van der Waals surface area contributed by atoms with Gasteiger partial charge in [-0.3, -0.25) is 0 Å². The summed E-state index contributed by atoms with van der Waals surface area (Å²) >= 11 is 3.49. The Morgan fingerprint density at radius 1 is 0.909 bits per heavy atom. The molecule has 6 heteroatoms. The second-order valence-electron chi connectivity index (χ2n) is 8.56. The van der Waals surface area contributed by atoms with Crippen LogP contribution < -0.4 is 9.47 Å². The van der Waals surface area contributed by atoms with E-state index in [4.69, 9.17) is 14.2 Å². The van der Waals surface area contributed by atoms with Crippen molar-refractivity contribution < 1.29 is 23.8 Å². The summed E-state index contributed by atoms with van der Waals surface area (Å²) in [6.07, 6.45) is 0.630. The molecule has 3 aromatic carbocycles. The first-order valence-corrected chi connectivity index (χ1v) is 11.5. The summed E-state index contributed by atoms with van der Waals surface area (Å²) in [6.45, 7) is 6.38. The topological polar surface area (TPSA) is 61.8 Å². The van der Waals surface area contributed by atoms with Crippen LogP contribution in [-0.2, 0) is 21.4 Å². The lowest BCUT2D eigenvalue weighted by molar-refractivity contribution is -0.136. The first-order valence-electron chi connectivity index (χ1n) is 10.7. The van der Waals surface area contributed by atoms with Gasteiger partial charge in [-0.2, -0.15) is 0 Å². The number of carbonyl (C=O) groups is 2. The predicted molar refractivity (Wildman–Crippen MR) is 131 cm³/mol. The molecule has 0 saturated heterocycles. The van der Waals surface area contributed by atoms with Gasteiger partial charge in [-0.05, 0) is 62.8 Å². The van der Waals surface area contributed by atoms with Gasteiger partial charge in [-0.15, -0.1) is 0 Å². The SMILES string of the molecule is CC(C)(C)c1ccc(OCC(=O)Oc2cccc(C(=O)OCCc3ccccc3)c2)c(Br)c1. The van der Waals surface area contributed by atoms with Crippen molar-refractivity contribution >= 4 is 27.9 Å². The van der Waals surface area contributed by atoms with E-state index in [0.717, 1.165) is 15.6 Å². The maximum Gasteiger partial charge on any atom is 0.349 e. The van der Waals surface area contributed by atoms with Crippen molar-refractivity contribution in [1.29, 1.82) is 0 Å². The van der Waals surface area contributed by atoms with Gasteiger partial charge in [0.05, 0.1) is 16.6 Å². The van der Waals surface area contributed by atoms with Crippen molar-refractivity contribution in [2.45, 2.75) is 32.6 Å². The highest BCUT2D eigenvalue weighted by atomic mass is 79.9. The smallest absolute Gasteiger partial charge is 0.349 e. The van der Waals surface area contributed by atoms with E-state index in [1.165, 1.54) is 6.07 Å². The molecule has 33 heavy (non-hydrogen) atoms. The van der Waals surface area contributed by atoms with E-state index in [0.29, 0.717) is 17.7 Å². The molecule has 0 aliphatic carbocycles. The van der Waals surface area contributed by atoms with Crippen LogP contribution >= 0.6 is 15.9 Å². The molecule has 0 heterocycles. The molecule has 3 aromatic rings. The fourth-order valence-corrected chi connectivity index (χ4v) is 3.55. The second-order valence-corrected chi connectivity index (χ2v) is 9.41. The summed E-state index contributed by atoms with van der Waals surface area (Å²) in [5.41, 5.74) is 2.56. The zero-order valence-corrected chi connectivity index (χ0v) is 20.6. The number of esters is 2. The lowest BCUT2D eigenvalue weighted by atomic mass is 9.87. The third-order valence-corrected chi connectivity index (χ3v) is 5.53. The second kappa shape index (κ2) is 11.1. The predicted octanol–water partition coefficient (Wildman–Crippen LogP) is 6.13. The fourth-order valence-electron chi connectivity index (χ4n) is 3.06. The Labute approximate surface area is 202 Å². The molecule has 5 nitrogen and oxygen atoms in total. The molecule has 0 aromatic heterocycles. The molecule has 0 atom stereocenters. The molecular weight excluding hydrogens is 484 g/mol. The molecule has 172 valence electrons. The van der Waals surface area contributed by atoms with Crippen LogP contribution in [-0.4, -0.2) is 25.2 Å². The van der Waals surface area contributed by atoms with Gasteiger partial charge in [0.25, 0.3) is 0 Å². The number of rotatable bonds is 8. The molecule has 0 bridgehead atoms. The maximum absolute atomic E-state index is 12.3. The molecule has 0 radical (unpaired) electrons. The fraction of sp³-hybridized carbons (Fsp3) is 0.259. The van der Waals surface area contributed by atoms with Crippen molar-refractivity contribution in [3.63, 3.8) is 0 Å². The highest BCUT2D eigenvalue weighted by Gasteiger charge is 2.16. The number of carbonyl (C=O) groups excluding carboxylic acids is 2. The van der Waals surface area contributed by atoms with Crippen LogP contribution in [0, 0.1) is 0 Å². The van der Waals surface area contributed by atoms with Crippen LogP contribution in [0.15, 0.2) is 77.3 Å². The first-order chi connectivity index (χ1) is 15.7. The molecule has 0 aliphatic rings. The van der Waals surface area contributed by atoms with Crippen molar-refractivity contribution in [2.75, 3.05) is 13.2 Å². The van der Waals surface area contributed by atoms with Crippen LogP contribution in [0.2, 0.25) is 0 Å². The van der Waals surface area contributed by atoms with Crippen molar-refractivity contribution in [2.24, 2.45) is 0 Å². The summed E-state index contributed by atoms with van der Waals surface area (Å²) < 4.78 is 17.0. The van der Waals surface area contributed by atoms with E-state index in [1.807, 2.05) is 48.5 Å². The van der Waals surface area contributed by atoms with E-state index >= 15 is 0 Å². The minimum atomic E-state index is -0.573. The molecule has 0 spiro atoms. The van der Waals surface area contributed by atoms with Crippen LogP contribution in [0.1, 0.15) is 42.3 Å². The molecule has 0 aliphatic heterocycles. The highest BCUT2D eigenvalue weighted by Crippen LogP contribution is 2.31. The van der Waals surface area contributed by atoms with Gasteiger partial charge in [0, 0.05) is 6.42 Å². The molecule has 0 unspecified atom stereocenters. The van der Waals surface area contributed by atoms with Crippen LogP contribution in [0.3, 0.4) is 0 Å². The molecule has 0 N–H and O–H groups in total. The van der Waals surface area contributed by atoms with Crippen LogP contribution in [0.4, 0.5) is 0 Å². The standard InChI is InChI=1S/C27H27BrO5/c1-27(2,3)21-12-13-24(23(28)17-21)32-18-25(29)33-22-11-7-10-20(16-22)26(30)31-15-14-19-8-5-4-6-9-19/h4-13,16-17H,14-15,18H2,1-3H3. The van der Waals surface area contributed by atoms with E-state index in [1.54, 1.807) is 18.2 Å². The Morgan fingerprint density at radius 3 is 2.36 bits per heavy atom. The Balaban J connectivity index is 1.51. The van der Waals surface area contributed by atoms with E-state index in [-0.39, 0.29) is 24.4 Å². The third-order valence-electron chi connectivity index (χ3n) is 4.91. The molecule has 0 amide bonds. The zero-order chi connectivity index (χ0) is 23.8. The monoisotopic (exact) mass is 510 g/mol. The van der Waals surface area contributed by atoms with Crippen LogP contribution in [0.5, 0.6) is 11.5 Å². The van der Waals surface area contributed by atoms with Gasteiger partial charge >= 0.3 is 11.9 Å². The van der Waals surface area contributed by atoms with Gasteiger partial charge in [-0.25, -0.2) is 9.59 Å². The Hall–Kier alpha value is -3.12. The minimum Gasteiger partial charge on any atom is -0.481 e. The molecule has 0 saturated carbocycles. The summed E-state index contributed by atoms with van der Waals surface area (Å²) in [5.74, 6) is -0.238. The number of hydrogen-bond acceptors (Lipinski definition) is 5. The van der Waals surface area contributed by atoms with Crippen LogP contribution in [0.25, 0.3) is 0 Å². The minimum absolute atomic E-state index is 0.00763. The van der Waals surface area contributed by atoms with Gasteiger partial charge in [0.2, 0.25) is 0 Å². The summed E-state index contributed by atoms with van der Waals surface area (Å²) in [7, 11) is 0. The lowest BCUT2D eigenvalue weighted by Crippen LogP contribution is -2.18. The third kappa shape index (κ3) is 7.46. The number of benzene rings is 3. The van der Waals surface area contributed by atoms with E-state index in [9.17, 15) is 9.59 Å². The summed E-state index contributed by atoms with van der Waals surface area (Å²) in [6, 6.07) is 21.9. The number of halogens is 1. The van der Waals surface area contributed by atoms with Gasteiger partial charge in [-0.1, -0.05) is 63.2 Å². The molecular formula is C27H27BrO5. The maximum atomic E-state index is 12.3. The van der Waals surface area contributed by atoms with E-state index in [2.05, 4.69) is 36.7 Å². The average Bonchev–Trinajstić information content (AvgIpc) is 2.78. The summed E-state index contributed by atoms with van der Waals surface area (Å²) in [4.78, 5) is 24.6. The van der Waals surface area contributed by atoms with Crippen molar-refractivity contribution in [3.8, 4) is 11.5 Å². The Kier molecular flexibility index (Phi) is 8.28. The average molecular weight is 511 g/mol. The first kappa shape index (κ1) is 24.5. The largest absolute Gasteiger partial charge is 0.481 e. The quantitative estimate of drug-likeness (QED) is 0.269. The number of hydrogen-bond donors (Lipinski definition) is 0. The van der Waals surface area contributed by atoms with E-state index < -0.39 is 11.9 Å². The zero-order valence-electron chi connectivity index (χ0n) is 19.0. The van der Waals surface area contributed by atoms with Gasteiger partial charge < -0.3 is 14.2 Å². The van der Waals surface area contributed by atoms with Crippen molar-refractivity contribution in [3.05, 3.63) is 94.0 Å². The molecule has 0 fully saturated rings. The number of ether oxygens (including phenoxy) is 3. The Bertz CT molecular complexity index is 1100. The van der Waals surface area contributed by atoms with Crippen molar-refractivity contribution in [1.82, 2.24) is 0 Å². The van der Waals surface area contributed by atoms with Gasteiger partial charge in [0.15, 0.2) is 6.61 Å². The lowest BCUT2D eigenvalue weighted by Gasteiger charge is -2.20. The van der Waals surface area contributed by atoms with Gasteiger partial charge in [0.1, 0.15) is 11.5 Å². The molecule has 3 rings (SSSR count). The highest BCUT2D eigenvalue weighted by molar-refractivity contribution is 9.10. The normalized spacial score (nSPS) is 11.0. The summed E-state index contributed by atoms with van der Waals surface area (Å²) in [5, 5.41) is 0. The Morgan fingerprint density at radius 2 is 1.67 bits per heavy atom.